The number of ether oxygens (including phenoxy) is 2. The summed E-state index contributed by atoms with van der Waals surface area (Å²) in [5.74, 6) is 0.728. The molecule has 1 aromatic carbocycles. The van der Waals surface area contributed by atoms with Gasteiger partial charge in [-0.2, -0.15) is 0 Å². The molecule has 1 unspecified atom stereocenters. The summed E-state index contributed by atoms with van der Waals surface area (Å²) < 4.78 is 11.5. The molecule has 0 bridgehead atoms. The molecule has 1 atom stereocenters. The highest BCUT2D eigenvalue weighted by atomic mass is 16.5. The summed E-state index contributed by atoms with van der Waals surface area (Å²) in [5, 5.41) is 3.00. The van der Waals surface area contributed by atoms with E-state index >= 15 is 0 Å². The number of hydrogen-bond donors (Lipinski definition) is 1. The quantitative estimate of drug-likeness (QED) is 0.759. The Hall–Kier alpha value is -2.40. The summed E-state index contributed by atoms with van der Waals surface area (Å²) in [5.41, 5.74) is 2.06. The normalized spacial score (nSPS) is 15.9. The molecule has 1 aliphatic rings. The lowest BCUT2D eigenvalue weighted by Crippen LogP contribution is -2.32. The summed E-state index contributed by atoms with van der Waals surface area (Å²) in [6.45, 7) is 2.60. The molecule has 0 spiro atoms. The van der Waals surface area contributed by atoms with Crippen LogP contribution < -0.4 is 10.1 Å². The van der Waals surface area contributed by atoms with Gasteiger partial charge >= 0.3 is 0 Å². The lowest BCUT2D eigenvalue weighted by atomic mass is 9.98. The largest absolute Gasteiger partial charge is 0.489 e. The van der Waals surface area contributed by atoms with E-state index in [0.717, 1.165) is 29.7 Å². The number of amides is 1. The summed E-state index contributed by atoms with van der Waals surface area (Å²) in [7, 11) is 0. The highest BCUT2D eigenvalue weighted by Gasteiger charge is 2.16. The second kappa shape index (κ2) is 10.1. The number of benzene rings is 1. The number of rotatable bonds is 8. The molecular weight excluding hydrogens is 340 g/mol. The van der Waals surface area contributed by atoms with E-state index in [1.807, 2.05) is 43.3 Å². The third kappa shape index (κ3) is 6.36. The van der Waals surface area contributed by atoms with Crippen LogP contribution in [0, 0.1) is 0 Å². The van der Waals surface area contributed by atoms with E-state index in [1.54, 1.807) is 12.4 Å². The smallest absolute Gasteiger partial charge is 0.246 e. The Bertz CT molecular complexity index is 697. The van der Waals surface area contributed by atoms with Crippen molar-refractivity contribution in [3.8, 4) is 5.75 Å². The van der Waals surface area contributed by atoms with Gasteiger partial charge in [0.15, 0.2) is 0 Å². The Morgan fingerprint density at radius 3 is 2.67 bits per heavy atom. The van der Waals surface area contributed by atoms with Gasteiger partial charge in [-0.05, 0) is 43.5 Å². The Morgan fingerprint density at radius 1 is 1.19 bits per heavy atom. The predicted octanol–water partition coefficient (Wildman–Crippen LogP) is 4.19. The molecule has 0 aliphatic heterocycles. The Labute approximate surface area is 161 Å². The molecule has 1 aliphatic carbocycles. The lowest BCUT2D eigenvalue weighted by Gasteiger charge is -2.22. The number of carbonyl (C=O) groups is 1. The van der Waals surface area contributed by atoms with Crippen molar-refractivity contribution >= 4 is 5.91 Å². The Kier molecular flexibility index (Phi) is 7.22. The minimum atomic E-state index is -0.0696. The Balaban J connectivity index is 1.42. The minimum absolute atomic E-state index is 0.0648. The van der Waals surface area contributed by atoms with E-state index in [4.69, 9.17) is 9.47 Å². The molecule has 1 amide bonds. The molecule has 27 heavy (non-hydrogen) atoms. The van der Waals surface area contributed by atoms with Crippen molar-refractivity contribution < 1.29 is 14.3 Å². The second-order valence-corrected chi connectivity index (χ2v) is 7.08. The number of nitrogens with one attached hydrogen (secondary N) is 1. The summed E-state index contributed by atoms with van der Waals surface area (Å²) in [4.78, 5) is 16.2. The highest BCUT2D eigenvalue weighted by Crippen LogP contribution is 2.21. The van der Waals surface area contributed by atoms with Crippen molar-refractivity contribution in [2.75, 3.05) is 6.61 Å². The van der Waals surface area contributed by atoms with Gasteiger partial charge in [-0.3, -0.25) is 9.78 Å². The fourth-order valence-electron chi connectivity index (χ4n) is 3.29. The molecule has 5 heteroatoms. The summed E-state index contributed by atoms with van der Waals surface area (Å²) in [6.07, 6.45) is 9.62. The summed E-state index contributed by atoms with van der Waals surface area (Å²) >= 11 is 0. The van der Waals surface area contributed by atoms with E-state index in [2.05, 4.69) is 10.3 Å². The monoisotopic (exact) mass is 368 g/mol. The third-order valence-electron chi connectivity index (χ3n) is 4.89. The van der Waals surface area contributed by atoms with Crippen LogP contribution in [0.5, 0.6) is 5.75 Å². The first-order chi connectivity index (χ1) is 13.2. The average molecular weight is 368 g/mol. The van der Waals surface area contributed by atoms with Crippen molar-refractivity contribution in [1.29, 1.82) is 0 Å². The average Bonchev–Trinajstić information content (AvgIpc) is 2.72. The molecule has 5 nitrogen and oxygen atoms in total. The molecule has 1 heterocycles. The van der Waals surface area contributed by atoms with Crippen LogP contribution in [0.1, 0.15) is 56.2 Å². The third-order valence-corrected chi connectivity index (χ3v) is 4.89. The molecule has 1 saturated carbocycles. The molecule has 0 radical (unpaired) electrons. The maximum atomic E-state index is 12.1. The van der Waals surface area contributed by atoms with E-state index in [9.17, 15) is 4.79 Å². The highest BCUT2D eigenvalue weighted by molar-refractivity contribution is 5.77. The van der Waals surface area contributed by atoms with Crippen LogP contribution >= 0.6 is 0 Å². The van der Waals surface area contributed by atoms with Gasteiger partial charge in [0.1, 0.15) is 19.0 Å². The van der Waals surface area contributed by atoms with Gasteiger partial charge in [0.25, 0.3) is 0 Å². The van der Waals surface area contributed by atoms with Gasteiger partial charge in [-0.15, -0.1) is 0 Å². The van der Waals surface area contributed by atoms with Crippen LogP contribution in [0.4, 0.5) is 0 Å². The molecule has 2 aromatic rings. The number of hydrogen-bond acceptors (Lipinski definition) is 4. The van der Waals surface area contributed by atoms with Crippen LogP contribution in [0.3, 0.4) is 0 Å². The van der Waals surface area contributed by atoms with E-state index in [1.165, 1.54) is 19.3 Å². The number of aromatic nitrogens is 1. The zero-order chi connectivity index (χ0) is 18.9. The number of carbonyl (C=O) groups excluding carboxylic acids is 1. The minimum Gasteiger partial charge on any atom is -0.489 e. The van der Waals surface area contributed by atoms with Crippen LogP contribution in [-0.4, -0.2) is 23.6 Å². The van der Waals surface area contributed by atoms with Crippen molar-refractivity contribution in [3.05, 3.63) is 59.9 Å². The molecular formula is C22H28N2O3. The van der Waals surface area contributed by atoms with Gasteiger partial charge < -0.3 is 14.8 Å². The lowest BCUT2D eigenvalue weighted by molar-refractivity contribution is -0.129. The molecule has 3 rings (SSSR count). The molecule has 1 N–H and O–H groups in total. The van der Waals surface area contributed by atoms with Crippen molar-refractivity contribution in [3.63, 3.8) is 0 Å². The molecule has 1 aromatic heterocycles. The van der Waals surface area contributed by atoms with Crippen LogP contribution in [0.2, 0.25) is 0 Å². The van der Waals surface area contributed by atoms with Crippen molar-refractivity contribution in [1.82, 2.24) is 10.3 Å². The maximum Gasteiger partial charge on any atom is 0.246 e. The maximum absolute atomic E-state index is 12.1. The topological polar surface area (TPSA) is 60.5 Å². The van der Waals surface area contributed by atoms with Gasteiger partial charge in [0, 0.05) is 18.0 Å². The fourth-order valence-corrected chi connectivity index (χ4v) is 3.29. The zero-order valence-electron chi connectivity index (χ0n) is 15.9. The summed E-state index contributed by atoms with van der Waals surface area (Å²) in [6, 6.07) is 11.6. The van der Waals surface area contributed by atoms with Crippen LogP contribution in [0.15, 0.2) is 48.8 Å². The SMILES string of the molecule is CC(NC(=O)COC1CCCCC1)c1ccc(OCc2cccnc2)cc1. The first-order valence-corrected chi connectivity index (χ1v) is 9.73. The number of nitrogens with zero attached hydrogens (tertiary/aromatic N) is 1. The van der Waals surface area contributed by atoms with E-state index in [0.29, 0.717) is 6.61 Å². The Morgan fingerprint density at radius 2 is 1.96 bits per heavy atom. The standard InChI is InChI=1S/C22H28N2O3/c1-17(24-22(25)16-27-20-7-3-2-4-8-20)19-9-11-21(12-10-19)26-15-18-6-5-13-23-14-18/h5-6,9-14,17,20H,2-4,7-8,15-16H2,1H3,(H,24,25). The molecule has 144 valence electrons. The fraction of sp³-hybridized carbons (Fsp3) is 0.455. The van der Waals surface area contributed by atoms with Crippen LogP contribution in [0.25, 0.3) is 0 Å². The van der Waals surface area contributed by atoms with Crippen molar-refractivity contribution in [2.24, 2.45) is 0 Å². The second-order valence-electron chi connectivity index (χ2n) is 7.08. The molecule has 1 fully saturated rings. The first-order valence-electron chi connectivity index (χ1n) is 9.73. The first kappa shape index (κ1) is 19.4. The predicted molar refractivity (Wildman–Crippen MR) is 104 cm³/mol. The van der Waals surface area contributed by atoms with Gasteiger partial charge in [0.2, 0.25) is 5.91 Å². The van der Waals surface area contributed by atoms with Gasteiger partial charge in [0.05, 0.1) is 12.1 Å². The van der Waals surface area contributed by atoms with Gasteiger partial charge in [-0.1, -0.05) is 37.5 Å². The number of pyridine rings is 1. The zero-order valence-corrected chi connectivity index (χ0v) is 15.9. The van der Waals surface area contributed by atoms with Crippen LogP contribution in [-0.2, 0) is 16.1 Å². The van der Waals surface area contributed by atoms with Crippen molar-refractivity contribution in [2.45, 2.75) is 57.8 Å². The molecule has 0 saturated heterocycles. The van der Waals surface area contributed by atoms with E-state index in [-0.39, 0.29) is 24.7 Å². The van der Waals surface area contributed by atoms with Gasteiger partial charge in [-0.25, -0.2) is 0 Å². The van der Waals surface area contributed by atoms with E-state index < -0.39 is 0 Å².